The second kappa shape index (κ2) is 4.77. The number of carbonyl (C=O) groups excluding carboxylic acids is 1. The normalized spacial score (nSPS) is 10.8. The monoisotopic (exact) mass is 239 g/mol. The zero-order valence-electron chi connectivity index (χ0n) is 9.76. The van der Waals surface area contributed by atoms with Crippen LogP contribution in [0.3, 0.4) is 0 Å². The van der Waals surface area contributed by atoms with Crippen molar-refractivity contribution in [1.82, 2.24) is 4.98 Å². The number of nitrogens with one attached hydrogen (secondary N) is 1. The fourth-order valence-corrected chi connectivity index (χ4v) is 1.00. The summed E-state index contributed by atoms with van der Waals surface area (Å²) in [4.78, 5) is 24.8. The number of hydrogen-bond acceptors (Lipinski definition) is 5. The van der Waals surface area contributed by atoms with Gasteiger partial charge in [-0.25, -0.2) is 4.79 Å². The van der Waals surface area contributed by atoms with Crippen LogP contribution in [0, 0.1) is 10.1 Å². The van der Waals surface area contributed by atoms with Gasteiger partial charge in [-0.2, -0.15) is 0 Å². The molecule has 0 unspecified atom stereocenters. The maximum absolute atomic E-state index is 11.4. The van der Waals surface area contributed by atoms with E-state index in [0.717, 1.165) is 0 Å². The summed E-state index contributed by atoms with van der Waals surface area (Å²) in [5.74, 6) is -0.257. The summed E-state index contributed by atoms with van der Waals surface area (Å²) in [5, 5.41) is 12.8. The van der Waals surface area contributed by atoms with Crippen molar-refractivity contribution in [3.8, 4) is 0 Å². The molecule has 0 spiro atoms. The molecule has 0 aromatic carbocycles. The largest absolute Gasteiger partial charge is 0.444 e. The molecule has 0 saturated carbocycles. The molecular weight excluding hydrogens is 226 g/mol. The van der Waals surface area contributed by atoms with Gasteiger partial charge in [0.25, 0.3) is 5.82 Å². The first-order valence-corrected chi connectivity index (χ1v) is 4.89. The van der Waals surface area contributed by atoms with Crippen LogP contribution in [0.4, 0.5) is 16.4 Å². The number of carbonyl (C=O) groups is 1. The van der Waals surface area contributed by atoms with Crippen molar-refractivity contribution in [1.29, 1.82) is 0 Å². The van der Waals surface area contributed by atoms with Crippen LogP contribution < -0.4 is 5.32 Å². The quantitative estimate of drug-likeness (QED) is 0.631. The molecule has 0 radical (unpaired) electrons. The minimum Gasteiger partial charge on any atom is -0.444 e. The van der Waals surface area contributed by atoms with Crippen molar-refractivity contribution < 1.29 is 14.5 Å². The average molecular weight is 239 g/mol. The molecule has 0 saturated heterocycles. The predicted octanol–water partition coefficient (Wildman–Crippen LogP) is 2.34. The van der Waals surface area contributed by atoms with Gasteiger partial charge < -0.3 is 14.9 Å². The van der Waals surface area contributed by atoms with Crippen molar-refractivity contribution in [2.75, 3.05) is 5.32 Å². The fraction of sp³-hybridized carbons (Fsp3) is 0.400. The Bertz CT molecular complexity index is 439. The summed E-state index contributed by atoms with van der Waals surface area (Å²) < 4.78 is 4.98. The summed E-state index contributed by atoms with van der Waals surface area (Å²) >= 11 is 0. The van der Waals surface area contributed by atoms with Gasteiger partial charge >= 0.3 is 11.9 Å². The molecule has 1 aromatic rings. The second-order valence-corrected chi connectivity index (χ2v) is 4.27. The van der Waals surface area contributed by atoms with Gasteiger partial charge in [0, 0.05) is 12.1 Å². The molecule has 92 valence electrons. The van der Waals surface area contributed by atoms with E-state index in [1.807, 2.05) is 0 Å². The van der Waals surface area contributed by atoms with Gasteiger partial charge in [0.15, 0.2) is 0 Å². The molecule has 1 aromatic heterocycles. The number of pyridine rings is 1. The van der Waals surface area contributed by atoms with E-state index >= 15 is 0 Å². The molecule has 17 heavy (non-hydrogen) atoms. The van der Waals surface area contributed by atoms with Crippen molar-refractivity contribution in [2.24, 2.45) is 0 Å². The third-order valence-corrected chi connectivity index (χ3v) is 1.55. The molecule has 0 atom stereocenters. The van der Waals surface area contributed by atoms with Crippen LogP contribution in [-0.2, 0) is 4.74 Å². The highest BCUT2D eigenvalue weighted by molar-refractivity contribution is 5.83. The summed E-state index contributed by atoms with van der Waals surface area (Å²) in [6.45, 7) is 5.15. The first kappa shape index (κ1) is 12.9. The minimum atomic E-state index is -0.703. The van der Waals surface area contributed by atoms with Crippen LogP contribution >= 0.6 is 0 Å². The number of hydrogen-bond donors (Lipinski definition) is 1. The summed E-state index contributed by atoms with van der Waals surface area (Å²) in [6, 6.07) is 4.11. The molecular formula is C10H13N3O4. The van der Waals surface area contributed by atoms with Gasteiger partial charge in [0.2, 0.25) is 0 Å². The van der Waals surface area contributed by atoms with Crippen molar-refractivity contribution in [3.63, 3.8) is 0 Å². The molecule has 1 heterocycles. The number of ether oxygens (including phenoxy) is 1. The lowest BCUT2D eigenvalue weighted by molar-refractivity contribution is -0.389. The highest BCUT2D eigenvalue weighted by Gasteiger charge is 2.18. The lowest BCUT2D eigenvalue weighted by atomic mass is 10.2. The predicted molar refractivity (Wildman–Crippen MR) is 60.7 cm³/mol. The van der Waals surface area contributed by atoms with E-state index in [4.69, 9.17) is 4.74 Å². The SMILES string of the molecule is CC(C)(C)OC(=O)Nc1cccc([N+](=O)[O-])n1. The summed E-state index contributed by atoms with van der Waals surface area (Å²) in [6.07, 6.45) is -0.703. The lowest BCUT2D eigenvalue weighted by Crippen LogP contribution is -2.27. The topological polar surface area (TPSA) is 94.4 Å². The van der Waals surface area contributed by atoms with E-state index in [1.165, 1.54) is 18.2 Å². The summed E-state index contributed by atoms with van der Waals surface area (Å²) in [5.41, 5.74) is -0.634. The number of anilines is 1. The van der Waals surface area contributed by atoms with E-state index in [1.54, 1.807) is 20.8 Å². The Morgan fingerprint density at radius 3 is 2.65 bits per heavy atom. The molecule has 0 aliphatic rings. The maximum atomic E-state index is 11.4. The van der Waals surface area contributed by atoms with Gasteiger partial charge in [-0.3, -0.25) is 5.32 Å². The van der Waals surface area contributed by atoms with Crippen LogP contribution in [0.15, 0.2) is 18.2 Å². The van der Waals surface area contributed by atoms with Crippen LogP contribution in [0.5, 0.6) is 0 Å². The molecule has 0 aliphatic carbocycles. The Hall–Kier alpha value is -2.18. The Balaban J connectivity index is 2.72. The van der Waals surface area contributed by atoms with Crippen molar-refractivity contribution >= 4 is 17.7 Å². The maximum Gasteiger partial charge on any atom is 0.415 e. The van der Waals surface area contributed by atoms with Crippen LogP contribution in [-0.4, -0.2) is 21.6 Å². The number of nitrogens with zero attached hydrogens (tertiary/aromatic N) is 2. The molecule has 7 heteroatoms. The highest BCUT2D eigenvalue weighted by atomic mass is 16.6. The van der Waals surface area contributed by atoms with E-state index in [9.17, 15) is 14.9 Å². The van der Waals surface area contributed by atoms with E-state index < -0.39 is 16.6 Å². The highest BCUT2D eigenvalue weighted by Crippen LogP contribution is 2.13. The minimum absolute atomic E-state index is 0.0773. The Kier molecular flexibility index (Phi) is 3.62. The van der Waals surface area contributed by atoms with Crippen molar-refractivity contribution in [2.45, 2.75) is 26.4 Å². The zero-order valence-corrected chi connectivity index (χ0v) is 9.76. The smallest absolute Gasteiger partial charge is 0.415 e. The molecule has 1 rings (SSSR count). The molecule has 0 aliphatic heterocycles. The number of nitro groups is 1. The first-order valence-electron chi connectivity index (χ1n) is 4.89. The number of aromatic nitrogens is 1. The number of amides is 1. The lowest BCUT2D eigenvalue weighted by Gasteiger charge is -2.18. The van der Waals surface area contributed by atoms with Gasteiger partial charge in [-0.15, -0.1) is 0 Å². The van der Waals surface area contributed by atoms with Gasteiger partial charge in [0.05, 0.1) is 0 Å². The molecule has 0 fully saturated rings. The molecule has 0 bridgehead atoms. The third-order valence-electron chi connectivity index (χ3n) is 1.55. The first-order chi connectivity index (χ1) is 7.78. The average Bonchev–Trinajstić information content (AvgIpc) is 2.14. The summed E-state index contributed by atoms with van der Waals surface area (Å²) in [7, 11) is 0. The number of rotatable bonds is 2. The van der Waals surface area contributed by atoms with Crippen LogP contribution in [0.1, 0.15) is 20.8 Å². The van der Waals surface area contributed by atoms with Gasteiger partial charge in [-0.1, -0.05) is 0 Å². The van der Waals surface area contributed by atoms with E-state index in [0.29, 0.717) is 0 Å². The van der Waals surface area contributed by atoms with Gasteiger partial charge in [0.1, 0.15) is 5.60 Å². The Morgan fingerprint density at radius 1 is 1.47 bits per heavy atom. The van der Waals surface area contributed by atoms with Gasteiger partial charge in [-0.05, 0) is 36.7 Å². The Labute approximate surface area is 98.0 Å². The molecule has 1 amide bonds. The zero-order chi connectivity index (χ0) is 13.1. The standard InChI is InChI=1S/C10H13N3O4/c1-10(2,3)17-9(14)12-7-5-4-6-8(11-7)13(15)16/h4-6H,1-3H3,(H,11,12,14). The molecule has 1 N–H and O–H groups in total. The fourth-order valence-electron chi connectivity index (χ4n) is 1.00. The van der Waals surface area contributed by atoms with Crippen LogP contribution in [0.25, 0.3) is 0 Å². The van der Waals surface area contributed by atoms with Crippen molar-refractivity contribution in [3.05, 3.63) is 28.3 Å². The second-order valence-electron chi connectivity index (χ2n) is 4.27. The van der Waals surface area contributed by atoms with Crippen LogP contribution in [0.2, 0.25) is 0 Å². The van der Waals surface area contributed by atoms with E-state index in [-0.39, 0.29) is 11.6 Å². The van der Waals surface area contributed by atoms with E-state index in [2.05, 4.69) is 10.3 Å². The molecule has 7 nitrogen and oxygen atoms in total. The third kappa shape index (κ3) is 4.45. The Morgan fingerprint density at radius 2 is 2.12 bits per heavy atom.